The van der Waals surface area contributed by atoms with Crippen molar-refractivity contribution in [2.75, 3.05) is 25.1 Å². The fourth-order valence-electron chi connectivity index (χ4n) is 2.33. The van der Waals surface area contributed by atoms with Gasteiger partial charge in [0.05, 0.1) is 6.61 Å². The van der Waals surface area contributed by atoms with Gasteiger partial charge >= 0.3 is 0 Å². The summed E-state index contributed by atoms with van der Waals surface area (Å²) < 4.78 is 34.9. The Labute approximate surface area is 118 Å². The summed E-state index contributed by atoms with van der Waals surface area (Å²) in [6, 6.07) is 5.88. The summed E-state index contributed by atoms with van der Waals surface area (Å²) in [6.45, 7) is 4.97. The Balaban J connectivity index is 1.98. The zero-order valence-corrected chi connectivity index (χ0v) is 11.9. The first kappa shape index (κ1) is 15.0. The van der Waals surface area contributed by atoms with Crippen LogP contribution in [0.25, 0.3) is 0 Å². The number of aryl methyl sites for hydroxylation is 1. The number of rotatable bonds is 6. The summed E-state index contributed by atoms with van der Waals surface area (Å²) in [5, 5.41) is 3.39. The highest BCUT2D eigenvalue weighted by Crippen LogP contribution is 2.26. The molecule has 0 aromatic heterocycles. The van der Waals surface area contributed by atoms with Crippen LogP contribution in [0.2, 0.25) is 0 Å². The maximum atomic E-state index is 12.2. The lowest BCUT2D eigenvalue weighted by atomic mass is 10.0. The van der Waals surface area contributed by atoms with Gasteiger partial charge in [-0.15, -0.1) is 0 Å². The molecule has 0 bridgehead atoms. The van der Waals surface area contributed by atoms with Gasteiger partial charge in [-0.1, -0.05) is 6.07 Å². The molecule has 1 aromatic rings. The standard InChI is InChI=1S/C15H21F2NO2/c1-10-3-4-13(7-14(10)20-9-15(16)17)18-11(2)12-5-6-19-8-12/h3-4,7,11-12,15,18H,5-6,8-9H2,1-2H3/t11-,12-/m0/s1. The molecule has 0 spiro atoms. The van der Waals surface area contributed by atoms with Gasteiger partial charge < -0.3 is 14.8 Å². The van der Waals surface area contributed by atoms with Crippen molar-refractivity contribution in [1.29, 1.82) is 0 Å². The average molecular weight is 285 g/mol. The van der Waals surface area contributed by atoms with Crippen LogP contribution in [0.15, 0.2) is 18.2 Å². The lowest BCUT2D eigenvalue weighted by Gasteiger charge is -2.21. The van der Waals surface area contributed by atoms with E-state index in [0.29, 0.717) is 11.7 Å². The number of hydrogen-bond acceptors (Lipinski definition) is 3. The maximum absolute atomic E-state index is 12.2. The Hall–Kier alpha value is -1.36. The second kappa shape index (κ2) is 6.88. The van der Waals surface area contributed by atoms with E-state index in [2.05, 4.69) is 12.2 Å². The van der Waals surface area contributed by atoms with Gasteiger partial charge in [0, 0.05) is 30.3 Å². The van der Waals surface area contributed by atoms with Crippen LogP contribution in [0.5, 0.6) is 5.75 Å². The van der Waals surface area contributed by atoms with Crippen molar-refractivity contribution in [1.82, 2.24) is 0 Å². The fraction of sp³-hybridized carbons (Fsp3) is 0.600. The van der Waals surface area contributed by atoms with Crippen molar-refractivity contribution in [3.63, 3.8) is 0 Å². The van der Waals surface area contributed by atoms with Gasteiger partial charge in [0.25, 0.3) is 6.43 Å². The number of alkyl halides is 2. The van der Waals surface area contributed by atoms with Gasteiger partial charge in [-0.25, -0.2) is 8.78 Å². The minimum Gasteiger partial charge on any atom is -0.487 e. The summed E-state index contributed by atoms with van der Waals surface area (Å²) in [7, 11) is 0. The van der Waals surface area contributed by atoms with Crippen LogP contribution in [0.3, 0.4) is 0 Å². The lowest BCUT2D eigenvalue weighted by molar-refractivity contribution is 0.0816. The number of hydrogen-bond donors (Lipinski definition) is 1. The van der Waals surface area contributed by atoms with Crippen LogP contribution in [0, 0.1) is 12.8 Å². The van der Waals surface area contributed by atoms with Crippen molar-refractivity contribution >= 4 is 5.69 Å². The monoisotopic (exact) mass is 285 g/mol. The zero-order chi connectivity index (χ0) is 14.5. The number of anilines is 1. The summed E-state index contributed by atoms with van der Waals surface area (Å²) in [5.74, 6) is 0.993. The summed E-state index contributed by atoms with van der Waals surface area (Å²) in [5.41, 5.74) is 1.74. The van der Waals surface area contributed by atoms with E-state index in [1.807, 2.05) is 19.1 Å². The SMILES string of the molecule is Cc1ccc(N[C@@H](C)[C@H]2CCOC2)cc1OCC(F)F. The molecule has 1 N–H and O–H groups in total. The van der Waals surface area contributed by atoms with Gasteiger partial charge in [0.15, 0.2) is 0 Å². The van der Waals surface area contributed by atoms with E-state index in [1.54, 1.807) is 6.07 Å². The summed E-state index contributed by atoms with van der Waals surface area (Å²) in [4.78, 5) is 0. The van der Waals surface area contributed by atoms with Gasteiger partial charge in [-0.3, -0.25) is 0 Å². The van der Waals surface area contributed by atoms with Crippen LogP contribution in [-0.4, -0.2) is 32.3 Å². The van der Waals surface area contributed by atoms with Crippen LogP contribution < -0.4 is 10.1 Å². The van der Waals surface area contributed by atoms with Crippen LogP contribution in [0.4, 0.5) is 14.5 Å². The molecule has 5 heteroatoms. The molecule has 1 aliphatic rings. The summed E-state index contributed by atoms with van der Waals surface area (Å²) >= 11 is 0. The third-order valence-electron chi connectivity index (χ3n) is 3.62. The predicted molar refractivity (Wildman–Crippen MR) is 74.7 cm³/mol. The molecule has 2 atom stereocenters. The normalized spacial score (nSPS) is 20.1. The Morgan fingerprint density at radius 2 is 2.25 bits per heavy atom. The minimum atomic E-state index is -2.46. The third kappa shape index (κ3) is 4.07. The predicted octanol–water partition coefficient (Wildman–Crippen LogP) is 3.48. The Bertz CT molecular complexity index is 434. The second-order valence-corrected chi connectivity index (χ2v) is 5.24. The molecule has 1 saturated heterocycles. The Morgan fingerprint density at radius 1 is 1.45 bits per heavy atom. The van der Waals surface area contributed by atoms with Crippen molar-refractivity contribution in [2.45, 2.75) is 32.7 Å². The molecule has 0 unspecified atom stereocenters. The fourth-order valence-corrected chi connectivity index (χ4v) is 2.33. The molecule has 0 amide bonds. The van der Waals surface area contributed by atoms with E-state index < -0.39 is 13.0 Å². The largest absolute Gasteiger partial charge is 0.487 e. The van der Waals surface area contributed by atoms with Crippen molar-refractivity contribution < 1.29 is 18.3 Å². The molecular weight excluding hydrogens is 264 g/mol. The quantitative estimate of drug-likeness (QED) is 0.868. The number of nitrogens with one attached hydrogen (secondary N) is 1. The molecule has 1 heterocycles. The van der Waals surface area contributed by atoms with Crippen LogP contribution in [-0.2, 0) is 4.74 Å². The van der Waals surface area contributed by atoms with Crippen molar-refractivity contribution in [3.05, 3.63) is 23.8 Å². The molecule has 3 nitrogen and oxygen atoms in total. The molecular formula is C15H21F2NO2. The van der Waals surface area contributed by atoms with E-state index in [-0.39, 0.29) is 6.04 Å². The first-order chi connectivity index (χ1) is 9.56. The molecule has 112 valence electrons. The highest BCUT2D eigenvalue weighted by Gasteiger charge is 2.22. The number of ether oxygens (including phenoxy) is 2. The third-order valence-corrected chi connectivity index (χ3v) is 3.62. The summed E-state index contributed by atoms with van der Waals surface area (Å²) in [6.07, 6.45) is -1.41. The first-order valence-electron chi connectivity index (χ1n) is 6.92. The van der Waals surface area contributed by atoms with Gasteiger partial charge in [-0.2, -0.15) is 0 Å². The van der Waals surface area contributed by atoms with Crippen molar-refractivity contribution in [2.24, 2.45) is 5.92 Å². The molecule has 2 rings (SSSR count). The molecule has 0 saturated carbocycles. The molecule has 1 fully saturated rings. The molecule has 0 aliphatic carbocycles. The van der Waals surface area contributed by atoms with E-state index >= 15 is 0 Å². The first-order valence-corrected chi connectivity index (χ1v) is 6.92. The van der Waals surface area contributed by atoms with Gasteiger partial charge in [-0.05, 0) is 31.9 Å². The second-order valence-electron chi connectivity index (χ2n) is 5.24. The minimum absolute atomic E-state index is 0.281. The highest BCUT2D eigenvalue weighted by molar-refractivity contribution is 5.52. The number of halogens is 2. The smallest absolute Gasteiger partial charge is 0.272 e. The van der Waals surface area contributed by atoms with E-state index in [4.69, 9.17) is 9.47 Å². The average Bonchev–Trinajstić information content (AvgIpc) is 2.93. The van der Waals surface area contributed by atoms with E-state index in [0.717, 1.165) is 30.9 Å². The highest BCUT2D eigenvalue weighted by atomic mass is 19.3. The molecule has 1 aromatic carbocycles. The van der Waals surface area contributed by atoms with Gasteiger partial charge in [0.1, 0.15) is 12.4 Å². The van der Waals surface area contributed by atoms with E-state index in [9.17, 15) is 8.78 Å². The molecule has 1 aliphatic heterocycles. The molecule has 20 heavy (non-hydrogen) atoms. The molecule has 0 radical (unpaired) electrons. The van der Waals surface area contributed by atoms with Crippen molar-refractivity contribution in [3.8, 4) is 5.75 Å². The Morgan fingerprint density at radius 3 is 2.90 bits per heavy atom. The maximum Gasteiger partial charge on any atom is 0.272 e. The topological polar surface area (TPSA) is 30.5 Å². The zero-order valence-electron chi connectivity index (χ0n) is 11.9. The van der Waals surface area contributed by atoms with E-state index in [1.165, 1.54) is 0 Å². The Kier molecular flexibility index (Phi) is 5.17. The van der Waals surface area contributed by atoms with Crippen LogP contribution >= 0.6 is 0 Å². The number of benzene rings is 1. The van der Waals surface area contributed by atoms with Gasteiger partial charge in [0.2, 0.25) is 0 Å². The lowest BCUT2D eigenvalue weighted by Crippen LogP contribution is -2.26. The van der Waals surface area contributed by atoms with Crippen LogP contribution in [0.1, 0.15) is 18.9 Å².